The molecule has 0 unspecified atom stereocenters. The van der Waals surface area contributed by atoms with Crippen molar-refractivity contribution in [3.8, 4) is 11.4 Å². The molecule has 0 saturated heterocycles. The van der Waals surface area contributed by atoms with Crippen LogP contribution in [0.3, 0.4) is 0 Å². The van der Waals surface area contributed by atoms with Crippen LogP contribution >= 0.6 is 0 Å². The smallest absolute Gasteiger partial charge is 0.353 e. The van der Waals surface area contributed by atoms with Crippen LogP contribution in [0.25, 0.3) is 17.0 Å². The molecule has 0 bridgehead atoms. The zero-order valence-electron chi connectivity index (χ0n) is 18.0. The third kappa shape index (κ3) is 4.31. The number of rotatable bonds is 6. The third-order valence-corrected chi connectivity index (χ3v) is 5.59. The number of aliphatic imine (C=N–C) groups is 1. The van der Waals surface area contributed by atoms with E-state index in [1.54, 1.807) is 42.5 Å². The molecular weight excluding hydrogens is 457 g/mol. The normalized spacial score (nSPS) is 14.8. The molecule has 1 aliphatic heterocycles. The Balaban J connectivity index is 1.61. The first kappa shape index (κ1) is 22.1. The SMILES string of the molecule is O=Cc1ccc(C2=N/C(=C(/c3ccc(C(F)(F)F)cc3)c3ccc(-c4ccc(C=O)[nH]4)[nH]3)C=C2)[nH]1. The van der Waals surface area contributed by atoms with Crippen LogP contribution in [0, 0.1) is 0 Å². The summed E-state index contributed by atoms with van der Waals surface area (Å²) >= 11 is 0. The van der Waals surface area contributed by atoms with Gasteiger partial charge in [0, 0.05) is 11.3 Å². The Kier molecular flexibility index (Phi) is 5.44. The second-order valence-corrected chi connectivity index (χ2v) is 7.84. The summed E-state index contributed by atoms with van der Waals surface area (Å²) in [7, 11) is 0. The minimum atomic E-state index is -4.45. The number of allylic oxidation sites excluding steroid dienone is 2. The van der Waals surface area contributed by atoms with E-state index in [1.807, 2.05) is 6.07 Å². The van der Waals surface area contributed by atoms with Gasteiger partial charge in [-0.05, 0) is 66.2 Å². The maximum Gasteiger partial charge on any atom is 0.416 e. The molecule has 35 heavy (non-hydrogen) atoms. The van der Waals surface area contributed by atoms with Gasteiger partial charge in [0.2, 0.25) is 0 Å². The van der Waals surface area contributed by atoms with Crippen LogP contribution in [-0.4, -0.2) is 33.2 Å². The fourth-order valence-electron chi connectivity index (χ4n) is 3.88. The summed E-state index contributed by atoms with van der Waals surface area (Å²) in [6.45, 7) is 0. The Bertz CT molecular complexity index is 1510. The van der Waals surface area contributed by atoms with Crippen molar-refractivity contribution in [2.75, 3.05) is 0 Å². The van der Waals surface area contributed by atoms with Gasteiger partial charge in [0.1, 0.15) is 0 Å². The lowest BCUT2D eigenvalue weighted by Crippen LogP contribution is -2.04. The fraction of sp³-hybridized carbons (Fsp3) is 0.0385. The van der Waals surface area contributed by atoms with Gasteiger partial charge < -0.3 is 15.0 Å². The van der Waals surface area contributed by atoms with Crippen molar-refractivity contribution in [3.63, 3.8) is 0 Å². The van der Waals surface area contributed by atoms with Crippen LogP contribution in [0.15, 0.2) is 83.5 Å². The maximum absolute atomic E-state index is 13.1. The van der Waals surface area contributed by atoms with Gasteiger partial charge in [0.15, 0.2) is 12.6 Å². The van der Waals surface area contributed by atoms with Crippen LogP contribution in [0.4, 0.5) is 13.2 Å². The van der Waals surface area contributed by atoms with E-state index in [0.29, 0.717) is 69.3 Å². The van der Waals surface area contributed by atoms with Gasteiger partial charge in [0.05, 0.1) is 45.4 Å². The minimum absolute atomic E-state index is 0.408. The number of nitrogens with one attached hydrogen (secondary N) is 3. The van der Waals surface area contributed by atoms with E-state index in [0.717, 1.165) is 12.1 Å². The highest BCUT2D eigenvalue weighted by atomic mass is 19.4. The predicted octanol–water partition coefficient (Wildman–Crippen LogP) is 5.80. The summed E-state index contributed by atoms with van der Waals surface area (Å²) in [6.07, 6.45) is 0.496. The first-order valence-corrected chi connectivity index (χ1v) is 10.5. The lowest BCUT2D eigenvalue weighted by Gasteiger charge is -2.11. The van der Waals surface area contributed by atoms with E-state index in [-0.39, 0.29) is 0 Å². The number of nitrogens with zero attached hydrogens (tertiary/aromatic N) is 1. The molecule has 1 aliphatic rings. The second kappa shape index (κ2) is 8.60. The highest BCUT2D eigenvalue weighted by Gasteiger charge is 2.30. The third-order valence-electron chi connectivity index (χ3n) is 5.59. The molecule has 4 heterocycles. The van der Waals surface area contributed by atoms with E-state index in [2.05, 4.69) is 19.9 Å². The van der Waals surface area contributed by atoms with Crippen LogP contribution in [0.2, 0.25) is 0 Å². The number of H-pyrrole nitrogens is 3. The van der Waals surface area contributed by atoms with Gasteiger partial charge in [0.25, 0.3) is 0 Å². The monoisotopic (exact) mass is 474 g/mol. The highest BCUT2D eigenvalue weighted by molar-refractivity contribution is 6.11. The van der Waals surface area contributed by atoms with E-state index >= 15 is 0 Å². The average molecular weight is 474 g/mol. The molecule has 4 aromatic rings. The number of halogens is 3. The number of carbonyl (C=O) groups excluding carboxylic acids is 2. The van der Waals surface area contributed by atoms with Crippen LogP contribution in [0.5, 0.6) is 0 Å². The first-order valence-electron chi connectivity index (χ1n) is 10.5. The summed E-state index contributed by atoms with van der Waals surface area (Å²) in [5, 5.41) is 0. The largest absolute Gasteiger partial charge is 0.416 e. The van der Waals surface area contributed by atoms with Crippen LogP contribution in [0.1, 0.15) is 43.5 Å². The second-order valence-electron chi connectivity index (χ2n) is 7.84. The fourth-order valence-corrected chi connectivity index (χ4v) is 3.88. The van der Waals surface area contributed by atoms with Gasteiger partial charge in [-0.1, -0.05) is 12.1 Å². The maximum atomic E-state index is 13.1. The van der Waals surface area contributed by atoms with Crippen molar-refractivity contribution < 1.29 is 22.8 Å². The number of carbonyl (C=O) groups is 2. The molecule has 0 aliphatic carbocycles. The van der Waals surface area contributed by atoms with Crippen molar-refractivity contribution in [2.45, 2.75) is 6.18 Å². The summed E-state index contributed by atoms with van der Waals surface area (Å²) in [5.41, 5.74) is 5.01. The summed E-state index contributed by atoms with van der Waals surface area (Å²) in [4.78, 5) is 35.9. The zero-order chi connectivity index (χ0) is 24.6. The number of aromatic nitrogens is 3. The van der Waals surface area contributed by atoms with Gasteiger partial charge >= 0.3 is 6.18 Å². The number of alkyl halides is 3. The minimum Gasteiger partial charge on any atom is -0.353 e. The zero-order valence-corrected chi connectivity index (χ0v) is 18.0. The molecule has 0 spiro atoms. The molecule has 5 rings (SSSR count). The molecule has 0 amide bonds. The van der Waals surface area contributed by atoms with E-state index in [9.17, 15) is 22.8 Å². The molecule has 0 radical (unpaired) electrons. The molecule has 9 heteroatoms. The molecule has 0 atom stereocenters. The Morgan fingerprint density at radius 2 is 1.31 bits per heavy atom. The van der Waals surface area contributed by atoms with Crippen molar-refractivity contribution >= 4 is 23.9 Å². The number of aldehydes is 2. The Morgan fingerprint density at radius 1 is 0.714 bits per heavy atom. The predicted molar refractivity (Wildman–Crippen MR) is 125 cm³/mol. The van der Waals surface area contributed by atoms with Crippen LogP contribution < -0.4 is 0 Å². The highest BCUT2D eigenvalue weighted by Crippen LogP contribution is 2.35. The quantitative estimate of drug-likeness (QED) is 0.308. The Morgan fingerprint density at radius 3 is 1.94 bits per heavy atom. The molecule has 1 aromatic carbocycles. The van der Waals surface area contributed by atoms with Crippen molar-refractivity contribution in [2.24, 2.45) is 4.99 Å². The molecular formula is C26H17F3N4O2. The van der Waals surface area contributed by atoms with Gasteiger partial charge in [-0.2, -0.15) is 13.2 Å². The summed E-state index contributed by atoms with van der Waals surface area (Å²) in [6, 6.07) is 15.3. The lowest BCUT2D eigenvalue weighted by atomic mass is 9.99. The van der Waals surface area contributed by atoms with Gasteiger partial charge in [-0.25, -0.2) is 4.99 Å². The summed E-state index contributed by atoms with van der Waals surface area (Å²) < 4.78 is 39.4. The number of hydrogen-bond donors (Lipinski definition) is 3. The van der Waals surface area contributed by atoms with E-state index < -0.39 is 11.7 Å². The standard InChI is InChI=1S/C26H17F3N4O2/c27-26(28,29)16-3-1-15(2-4-16)25(23-11-9-21(32-23)19-7-5-17(13-34)30-19)24-12-10-22(33-24)20-8-6-18(14-35)31-20/h1-14,30-32H/b25-24-. The van der Waals surface area contributed by atoms with Crippen molar-refractivity contribution in [1.29, 1.82) is 0 Å². The number of aromatic amines is 3. The van der Waals surface area contributed by atoms with Crippen molar-refractivity contribution in [3.05, 3.63) is 112 Å². The lowest BCUT2D eigenvalue weighted by molar-refractivity contribution is -0.137. The molecule has 174 valence electrons. The summed E-state index contributed by atoms with van der Waals surface area (Å²) in [5.74, 6) is 0. The molecule has 0 saturated carbocycles. The van der Waals surface area contributed by atoms with Crippen molar-refractivity contribution in [1.82, 2.24) is 15.0 Å². The number of hydrogen-bond acceptors (Lipinski definition) is 3. The Labute approximate surface area is 196 Å². The van der Waals surface area contributed by atoms with E-state index in [4.69, 9.17) is 0 Å². The molecule has 0 fully saturated rings. The first-order chi connectivity index (χ1) is 16.9. The van der Waals surface area contributed by atoms with Gasteiger partial charge in [-0.15, -0.1) is 0 Å². The number of benzene rings is 1. The van der Waals surface area contributed by atoms with Gasteiger partial charge in [-0.3, -0.25) is 9.59 Å². The average Bonchev–Trinajstić information content (AvgIpc) is 3.65. The topological polar surface area (TPSA) is 93.9 Å². The molecule has 6 nitrogen and oxygen atoms in total. The Hall–Kier alpha value is -4.66. The molecule has 3 aromatic heterocycles. The molecule has 3 N–H and O–H groups in total. The van der Waals surface area contributed by atoms with Crippen LogP contribution in [-0.2, 0) is 6.18 Å². The van der Waals surface area contributed by atoms with E-state index in [1.165, 1.54) is 12.1 Å².